The molecule has 14 heavy (non-hydrogen) atoms. The largest absolute Gasteiger partial charge is 0.469 e. The lowest BCUT2D eigenvalue weighted by atomic mass is 9.68. The molecule has 0 spiro atoms. The summed E-state index contributed by atoms with van der Waals surface area (Å²) in [6.07, 6.45) is 4.22. The van der Waals surface area contributed by atoms with Crippen molar-refractivity contribution in [2.45, 2.75) is 32.1 Å². The minimum atomic E-state index is -0.0888. The van der Waals surface area contributed by atoms with Crippen molar-refractivity contribution in [1.29, 1.82) is 0 Å². The highest BCUT2D eigenvalue weighted by Gasteiger charge is 2.38. The molecular weight excluding hydrogens is 180 g/mol. The van der Waals surface area contributed by atoms with Crippen LogP contribution in [0, 0.1) is 17.8 Å². The summed E-state index contributed by atoms with van der Waals surface area (Å²) in [4.78, 5) is 22.7. The molecule has 0 aromatic carbocycles. The summed E-state index contributed by atoms with van der Waals surface area (Å²) >= 11 is 0. The minimum Gasteiger partial charge on any atom is -0.469 e. The molecule has 2 aliphatic rings. The molecule has 0 aromatic rings. The highest BCUT2D eigenvalue weighted by Crippen LogP contribution is 2.41. The lowest BCUT2D eigenvalue weighted by Gasteiger charge is -2.36. The Morgan fingerprint density at radius 2 is 1.79 bits per heavy atom. The summed E-state index contributed by atoms with van der Waals surface area (Å²) in [7, 11) is 1.44. The molecular formula is C11H16O3. The van der Waals surface area contributed by atoms with Crippen molar-refractivity contribution in [3.05, 3.63) is 0 Å². The number of fused-ring (bicyclic) bond motifs is 2. The average molecular weight is 196 g/mol. The van der Waals surface area contributed by atoms with Gasteiger partial charge in [0.15, 0.2) is 0 Å². The first-order valence-electron chi connectivity index (χ1n) is 5.28. The fraction of sp³-hybridized carbons (Fsp3) is 0.818. The number of hydrogen-bond donors (Lipinski definition) is 0. The summed E-state index contributed by atoms with van der Waals surface area (Å²) in [5, 5.41) is 0. The smallest absolute Gasteiger partial charge is 0.308 e. The second-order valence-corrected chi connectivity index (χ2v) is 4.61. The van der Waals surface area contributed by atoms with Crippen LogP contribution < -0.4 is 0 Å². The topological polar surface area (TPSA) is 43.4 Å². The van der Waals surface area contributed by atoms with Crippen LogP contribution in [0.3, 0.4) is 0 Å². The van der Waals surface area contributed by atoms with E-state index in [1.165, 1.54) is 7.11 Å². The molecule has 0 aliphatic heterocycles. The Bertz CT molecular complexity index is 243. The van der Waals surface area contributed by atoms with Crippen LogP contribution in [0.2, 0.25) is 0 Å². The van der Waals surface area contributed by atoms with Gasteiger partial charge in [0, 0.05) is 12.8 Å². The number of Topliss-reactive ketones (excluding diaryl/α,β-unsaturated/α-hetero) is 1. The molecule has 2 bridgehead atoms. The van der Waals surface area contributed by atoms with Gasteiger partial charge in [-0.25, -0.2) is 0 Å². The Hall–Kier alpha value is -0.860. The number of rotatable bonds is 1. The van der Waals surface area contributed by atoms with Gasteiger partial charge in [0.1, 0.15) is 5.78 Å². The summed E-state index contributed by atoms with van der Waals surface area (Å²) in [6.45, 7) is 0. The van der Waals surface area contributed by atoms with Crippen molar-refractivity contribution in [1.82, 2.24) is 0 Å². The minimum absolute atomic E-state index is 0.0526. The SMILES string of the molecule is COC(=O)C1CC2CC(=O)C[C@@H](C2)C1. The molecule has 0 N–H and O–H groups in total. The highest BCUT2D eigenvalue weighted by molar-refractivity contribution is 5.80. The van der Waals surface area contributed by atoms with Gasteiger partial charge in [-0.3, -0.25) is 9.59 Å². The first kappa shape index (κ1) is 9.69. The summed E-state index contributed by atoms with van der Waals surface area (Å²) in [6, 6.07) is 0. The zero-order chi connectivity index (χ0) is 10.1. The first-order valence-corrected chi connectivity index (χ1v) is 5.28. The van der Waals surface area contributed by atoms with Gasteiger partial charge in [0.2, 0.25) is 0 Å². The van der Waals surface area contributed by atoms with Crippen LogP contribution in [0.25, 0.3) is 0 Å². The second kappa shape index (κ2) is 3.71. The molecule has 3 atom stereocenters. The molecule has 2 aliphatic carbocycles. The molecule has 2 rings (SSSR count). The molecule has 0 saturated heterocycles. The van der Waals surface area contributed by atoms with E-state index in [1.807, 2.05) is 0 Å². The molecule has 3 nitrogen and oxygen atoms in total. The Morgan fingerprint density at radius 1 is 1.21 bits per heavy atom. The van der Waals surface area contributed by atoms with Crippen LogP contribution in [0.5, 0.6) is 0 Å². The predicted molar refractivity (Wildman–Crippen MR) is 50.6 cm³/mol. The van der Waals surface area contributed by atoms with E-state index in [4.69, 9.17) is 4.74 Å². The molecule has 0 amide bonds. The quantitative estimate of drug-likeness (QED) is 0.598. The average Bonchev–Trinajstić information content (AvgIpc) is 2.14. The van der Waals surface area contributed by atoms with Crippen LogP contribution >= 0.6 is 0 Å². The molecule has 2 unspecified atom stereocenters. The maximum absolute atomic E-state index is 11.4. The van der Waals surface area contributed by atoms with Crippen LogP contribution in [0.4, 0.5) is 0 Å². The van der Waals surface area contributed by atoms with Crippen LogP contribution in [0.15, 0.2) is 0 Å². The van der Waals surface area contributed by atoms with E-state index < -0.39 is 0 Å². The van der Waals surface area contributed by atoms with E-state index >= 15 is 0 Å². The maximum Gasteiger partial charge on any atom is 0.308 e. The summed E-state index contributed by atoms with van der Waals surface area (Å²) in [5.74, 6) is 1.23. The second-order valence-electron chi connectivity index (χ2n) is 4.61. The van der Waals surface area contributed by atoms with Gasteiger partial charge in [0.05, 0.1) is 13.0 Å². The van der Waals surface area contributed by atoms with Gasteiger partial charge >= 0.3 is 5.97 Å². The number of carbonyl (C=O) groups excluding carboxylic acids is 2. The van der Waals surface area contributed by atoms with Crippen molar-refractivity contribution in [2.24, 2.45) is 17.8 Å². The van der Waals surface area contributed by atoms with Crippen LogP contribution in [-0.2, 0) is 14.3 Å². The van der Waals surface area contributed by atoms with Gasteiger partial charge in [-0.1, -0.05) is 0 Å². The zero-order valence-electron chi connectivity index (χ0n) is 8.49. The van der Waals surface area contributed by atoms with Gasteiger partial charge in [-0.15, -0.1) is 0 Å². The third kappa shape index (κ3) is 1.81. The van der Waals surface area contributed by atoms with E-state index in [-0.39, 0.29) is 11.9 Å². The van der Waals surface area contributed by atoms with E-state index in [1.54, 1.807) is 0 Å². The number of ketones is 1. The Kier molecular flexibility index (Phi) is 2.57. The number of hydrogen-bond acceptors (Lipinski definition) is 3. The standard InChI is InChI=1S/C11H16O3/c1-14-11(13)9-3-7-2-8(4-9)6-10(12)5-7/h7-9H,2-6H2,1H3/t7-,8?,9?/m0/s1. The van der Waals surface area contributed by atoms with Gasteiger partial charge in [0.25, 0.3) is 0 Å². The third-order valence-electron chi connectivity index (χ3n) is 3.47. The van der Waals surface area contributed by atoms with Crippen LogP contribution in [0.1, 0.15) is 32.1 Å². The van der Waals surface area contributed by atoms with E-state index in [0.29, 0.717) is 30.5 Å². The first-order chi connectivity index (χ1) is 6.69. The van der Waals surface area contributed by atoms with Gasteiger partial charge < -0.3 is 4.74 Å². The molecule has 0 aromatic heterocycles. The lowest BCUT2D eigenvalue weighted by Crippen LogP contribution is -2.34. The summed E-state index contributed by atoms with van der Waals surface area (Å²) in [5.41, 5.74) is 0. The van der Waals surface area contributed by atoms with Crippen LogP contribution in [-0.4, -0.2) is 18.9 Å². The normalized spacial score (nSPS) is 36.6. The van der Waals surface area contributed by atoms with Crippen molar-refractivity contribution in [3.8, 4) is 0 Å². The van der Waals surface area contributed by atoms with Crippen molar-refractivity contribution in [2.75, 3.05) is 7.11 Å². The molecule has 78 valence electrons. The molecule has 0 radical (unpaired) electrons. The number of methoxy groups -OCH3 is 1. The molecule has 3 heteroatoms. The number of carbonyl (C=O) groups is 2. The van der Waals surface area contributed by atoms with Crippen molar-refractivity contribution < 1.29 is 14.3 Å². The maximum atomic E-state index is 11.4. The van der Waals surface area contributed by atoms with Gasteiger partial charge in [-0.05, 0) is 31.1 Å². The predicted octanol–water partition coefficient (Wildman–Crippen LogP) is 1.55. The van der Waals surface area contributed by atoms with Crippen molar-refractivity contribution >= 4 is 11.8 Å². The van der Waals surface area contributed by atoms with E-state index in [0.717, 1.165) is 19.3 Å². The van der Waals surface area contributed by atoms with E-state index in [2.05, 4.69) is 0 Å². The fourth-order valence-electron chi connectivity index (χ4n) is 2.98. The Labute approximate surface area is 83.8 Å². The monoisotopic (exact) mass is 196 g/mol. The van der Waals surface area contributed by atoms with E-state index in [9.17, 15) is 9.59 Å². The molecule has 0 heterocycles. The van der Waals surface area contributed by atoms with Crippen molar-refractivity contribution in [3.63, 3.8) is 0 Å². The van der Waals surface area contributed by atoms with Gasteiger partial charge in [-0.2, -0.15) is 0 Å². The zero-order valence-corrected chi connectivity index (χ0v) is 8.49. The highest BCUT2D eigenvalue weighted by atomic mass is 16.5. The third-order valence-corrected chi connectivity index (χ3v) is 3.47. The summed E-state index contributed by atoms with van der Waals surface area (Å²) < 4.78 is 4.76. The molecule has 2 fully saturated rings. The number of esters is 1. The number of ether oxygens (including phenoxy) is 1. The lowest BCUT2D eigenvalue weighted by molar-refractivity contribution is -0.149. The fourth-order valence-corrected chi connectivity index (χ4v) is 2.98. The Balaban J connectivity index is 2.01. The molecule has 2 saturated carbocycles. The Morgan fingerprint density at radius 3 is 2.29 bits per heavy atom.